The lowest BCUT2D eigenvalue weighted by molar-refractivity contribution is -0.137. The number of fused-ring (bicyclic) bond motifs is 1. The summed E-state index contributed by atoms with van der Waals surface area (Å²) in [6, 6.07) is 9.63. The summed E-state index contributed by atoms with van der Waals surface area (Å²) >= 11 is 0. The van der Waals surface area contributed by atoms with Crippen LogP contribution in [-0.2, 0) is 11.3 Å². The molecule has 1 atom stereocenters. The summed E-state index contributed by atoms with van der Waals surface area (Å²) in [6.45, 7) is 3.45. The molecule has 170 valence electrons. The molecule has 4 heterocycles. The van der Waals surface area contributed by atoms with Gasteiger partial charge in [-0.15, -0.1) is 0 Å². The molecule has 0 spiro atoms. The van der Waals surface area contributed by atoms with Crippen LogP contribution in [0, 0.1) is 5.92 Å². The SMILES string of the molecule is O=C(NCc1ccco1)N1CCC(C(=O)N2CCC[C@H]2c2ccc3c(c2)OCCO3)CC1. The third-order valence-corrected chi connectivity index (χ3v) is 6.61. The average molecular weight is 440 g/mol. The fourth-order valence-electron chi connectivity index (χ4n) is 4.90. The van der Waals surface area contributed by atoms with Crippen molar-refractivity contribution in [3.63, 3.8) is 0 Å². The third-order valence-electron chi connectivity index (χ3n) is 6.61. The standard InChI is InChI=1S/C24H29N3O5/c28-23(17-7-10-26(11-8-17)24(29)25-16-19-3-2-12-30-19)27-9-1-4-20(27)18-5-6-21-22(15-18)32-14-13-31-21/h2-3,5-6,12,15,17,20H,1,4,7-11,13-14,16H2,(H,25,29)/t20-/m0/s1. The number of ether oxygens (including phenoxy) is 2. The molecule has 3 amide bonds. The van der Waals surface area contributed by atoms with E-state index in [-0.39, 0.29) is 23.9 Å². The maximum atomic E-state index is 13.4. The maximum absolute atomic E-state index is 13.4. The Hall–Kier alpha value is -3.16. The van der Waals surface area contributed by atoms with Crippen LogP contribution >= 0.6 is 0 Å². The summed E-state index contributed by atoms with van der Waals surface area (Å²) in [6.07, 6.45) is 4.93. The summed E-state index contributed by atoms with van der Waals surface area (Å²) in [5.74, 6) is 2.43. The minimum Gasteiger partial charge on any atom is -0.486 e. The van der Waals surface area contributed by atoms with Crippen LogP contribution in [0.2, 0.25) is 0 Å². The predicted molar refractivity (Wildman–Crippen MR) is 116 cm³/mol. The van der Waals surface area contributed by atoms with Crippen LogP contribution in [0.3, 0.4) is 0 Å². The van der Waals surface area contributed by atoms with Crippen LogP contribution in [0.15, 0.2) is 41.0 Å². The van der Waals surface area contributed by atoms with Crippen LogP contribution in [0.4, 0.5) is 4.79 Å². The first-order chi connectivity index (χ1) is 15.7. The molecule has 0 aliphatic carbocycles. The first-order valence-corrected chi connectivity index (χ1v) is 11.4. The van der Waals surface area contributed by atoms with Gasteiger partial charge in [0, 0.05) is 25.6 Å². The fraction of sp³-hybridized carbons (Fsp3) is 0.500. The van der Waals surface area contributed by atoms with Crippen molar-refractivity contribution >= 4 is 11.9 Å². The normalized spacial score (nSPS) is 20.9. The Morgan fingerprint density at radius 1 is 1.00 bits per heavy atom. The fourth-order valence-corrected chi connectivity index (χ4v) is 4.90. The van der Waals surface area contributed by atoms with E-state index in [9.17, 15) is 9.59 Å². The molecule has 1 N–H and O–H groups in total. The Morgan fingerprint density at radius 2 is 1.81 bits per heavy atom. The zero-order valence-corrected chi connectivity index (χ0v) is 18.1. The molecular weight excluding hydrogens is 410 g/mol. The van der Waals surface area contributed by atoms with Gasteiger partial charge in [-0.25, -0.2) is 4.79 Å². The number of carbonyl (C=O) groups is 2. The molecule has 3 aliphatic rings. The molecule has 1 aromatic carbocycles. The van der Waals surface area contributed by atoms with Gasteiger partial charge in [0.1, 0.15) is 19.0 Å². The van der Waals surface area contributed by atoms with Crippen molar-refractivity contribution in [3.8, 4) is 11.5 Å². The second kappa shape index (κ2) is 9.14. The molecule has 2 saturated heterocycles. The number of rotatable bonds is 4. The summed E-state index contributed by atoms with van der Waals surface area (Å²) in [7, 11) is 0. The van der Waals surface area contributed by atoms with Gasteiger partial charge in [-0.05, 0) is 55.5 Å². The van der Waals surface area contributed by atoms with Gasteiger partial charge < -0.3 is 29.0 Å². The highest BCUT2D eigenvalue weighted by Gasteiger charge is 2.36. The lowest BCUT2D eigenvalue weighted by Crippen LogP contribution is -2.47. The van der Waals surface area contributed by atoms with Crippen molar-refractivity contribution in [3.05, 3.63) is 47.9 Å². The van der Waals surface area contributed by atoms with Crippen LogP contribution in [0.25, 0.3) is 0 Å². The van der Waals surface area contributed by atoms with E-state index in [1.54, 1.807) is 17.2 Å². The van der Waals surface area contributed by atoms with Crippen LogP contribution in [-0.4, -0.2) is 54.6 Å². The van der Waals surface area contributed by atoms with Crippen molar-refractivity contribution in [1.82, 2.24) is 15.1 Å². The van der Waals surface area contributed by atoms with Gasteiger partial charge in [0.15, 0.2) is 11.5 Å². The molecule has 0 bridgehead atoms. The Labute approximate surface area is 187 Å². The summed E-state index contributed by atoms with van der Waals surface area (Å²) < 4.78 is 16.6. The van der Waals surface area contributed by atoms with E-state index >= 15 is 0 Å². The third kappa shape index (κ3) is 4.26. The molecule has 8 heteroatoms. The van der Waals surface area contributed by atoms with Gasteiger partial charge in [-0.2, -0.15) is 0 Å². The first kappa shape index (κ1) is 20.7. The molecule has 2 fully saturated rings. The number of nitrogens with one attached hydrogen (secondary N) is 1. The van der Waals surface area contributed by atoms with Crippen molar-refractivity contribution in [2.24, 2.45) is 5.92 Å². The molecule has 5 rings (SSSR count). The smallest absolute Gasteiger partial charge is 0.317 e. The molecule has 3 aliphatic heterocycles. The van der Waals surface area contributed by atoms with Gasteiger partial charge in [0.25, 0.3) is 0 Å². The van der Waals surface area contributed by atoms with Crippen molar-refractivity contribution in [2.75, 3.05) is 32.8 Å². The number of nitrogens with zero attached hydrogens (tertiary/aromatic N) is 2. The van der Waals surface area contributed by atoms with Crippen LogP contribution in [0.5, 0.6) is 11.5 Å². The minimum absolute atomic E-state index is 0.0399. The molecule has 0 radical (unpaired) electrons. The highest BCUT2D eigenvalue weighted by Crippen LogP contribution is 2.39. The summed E-state index contributed by atoms with van der Waals surface area (Å²) in [5.41, 5.74) is 1.11. The second-order valence-electron chi connectivity index (χ2n) is 8.59. The monoisotopic (exact) mass is 439 g/mol. The highest BCUT2D eigenvalue weighted by atomic mass is 16.6. The van der Waals surface area contributed by atoms with Gasteiger partial charge in [0.2, 0.25) is 5.91 Å². The Morgan fingerprint density at radius 3 is 2.59 bits per heavy atom. The van der Waals surface area contributed by atoms with Gasteiger partial charge in [-0.1, -0.05) is 6.07 Å². The molecule has 0 unspecified atom stereocenters. The number of carbonyl (C=O) groups excluding carboxylic acids is 2. The van der Waals surface area contributed by atoms with E-state index < -0.39 is 0 Å². The van der Waals surface area contributed by atoms with Crippen LogP contribution in [0.1, 0.15) is 43.0 Å². The maximum Gasteiger partial charge on any atom is 0.317 e. The van der Waals surface area contributed by atoms with Gasteiger partial charge >= 0.3 is 6.03 Å². The number of likely N-dealkylation sites (tertiary alicyclic amines) is 2. The number of hydrogen-bond donors (Lipinski definition) is 1. The lowest BCUT2D eigenvalue weighted by Gasteiger charge is -2.35. The number of amides is 3. The van der Waals surface area contributed by atoms with E-state index in [4.69, 9.17) is 13.9 Å². The van der Waals surface area contributed by atoms with E-state index in [0.29, 0.717) is 45.7 Å². The van der Waals surface area contributed by atoms with Gasteiger partial charge in [-0.3, -0.25) is 4.79 Å². The molecular formula is C24H29N3O5. The number of urea groups is 1. The summed E-state index contributed by atoms with van der Waals surface area (Å²) in [4.78, 5) is 29.6. The number of hydrogen-bond acceptors (Lipinski definition) is 5. The van der Waals surface area contributed by atoms with Crippen LogP contribution < -0.4 is 14.8 Å². The zero-order valence-electron chi connectivity index (χ0n) is 18.1. The molecule has 0 saturated carbocycles. The van der Waals surface area contributed by atoms with E-state index in [1.807, 2.05) is 23.1 Å². The highest BCUT2D eigenvalue weighted by molar-refractivity contribution is 5.80. The molecule has 32 heavy (non-hydrogen) atoms. The largest absolute Gasteiger partial charge is 0.486 e. The number of piperidine rings is 1. The Bertz CT molecular complexity index is 953. The average Bonchev–Trinajstić information content (AvgIpc) is 3.54. The quantitative estimate of drug-likeness (QED) is 0.790. The molecule has 8 nitrogen and oxygen atoms in total. The predicted octanol–water partition coefficient (Wildman–Crippen LogP) is 3.34. The number of furan rings is 1. The zero-order chi connectivity index (χ0) is 21.9. The molecule has 2 aromatic rings. The van der Waals surface area contributed by atoms with Crippen molar-refractivity contribution in [1.29, 1.82) is 0 Å². The van der Waals surface area contributed by atoms with E-state index in [0.717, 1.165) is 42.2 Å². The van der Waals surface area contributed by atoms with E-state index in [2.05, 4.69) is 11.4 Å². The lowest BCUT2D eigenvalue weighted by atomic mass is 9.94. The Balaban J connectivity index is 1.17. The first-order valence-electron chi connectivity index (χ1n) is 11.4. The summed E-state index contributed by atoms with van der Waals surface area (Å²) in [5, 5.41) is 2.88. The number of benzene rings is 1. The van der Waals surface area contributed by atoms with E-state index in [1.165, 1.54) is 0 Å². The topological polar surface area (TPSA) is 84.3 Å². The second-order valence-corrected chi connectivity index (χ2v) is 8.59. The minimum atomic E-state index is -0.109. The van der Waals surface area contributed by atoms with Crippen molar-refractivity contribution in [2.45, 2.75) is 38.3 Å². The molecule has 1 aromatic heterocycles. The Kier molecular flexibility index (Phi) is 5.92. The van der Waals surface area contributed by atoms with Crippen molar-refractivity contribution < 1.29 is 23.5 Å². The van der Waals surface area contributed by atoms with Gasteiger partial charge in [0.05, 0.1) is 18.8 Å².